The van der Waals surface area contributed by atoms with Gasteiger partial charge in [-0.2, -0.15) is 9.13 Å². The molecule has 0 aliphatic rings. The monoisotopic (exact) mass is 468 g/mol. The molecule has 4 heteroatoms. The Balaban J connectivity index is 1.92. The van der Waals surface area contributed by atoms with E-state index in [2.05, 4.69) is 122 Å². The van der Waals surface area contributed by atoms with E-state index >= 15 is 0 Å². The molecule has 180 valence electrons. The fourth-order valence-corrected chi connectivity index (χ4v) is 5.02. The van der Waals surface area contributed by atoms with E-state index in [0.717, 1.165) is 11.4 Å². The maximum Gasteiger partial charge on any atom is 0.267 e. The zero-order valence-corrected chi connectivity index (χ0v) is 21.7. The highest BCUT2D eigenvalue weighted by molar-refractivity contribution is 5.61. The summed E-state index contributed by atoms with van der Waals surface area (Å²) in [6.07, 6.45) is -0.430. The van der Waals surface area contributed by atoms with Gasteiger partial charge in [0.15, 0.2) is 11.4 Å². The third kappa shape index (κ3) is 5.04. The molecule has 0 N–H and O–H groups in total. The van der Waals surface area contributed by atoms with Crippen molar-refractivity contribution < 1.29 is 18.6 Å². The van der Waals surface area contributed by atoms with Gasteiger partial charge in [0.05, 0.1) is 0 Å². The summed E-state index contributed by atoms with van der Waals surface area (Å²) in [6.45, 7) is 9.34. The molecule has 4 nitrogen and oxygen atoms in total. The fraction of sp³-hybridized carbons (Fsp3) is 0.290. The molecule has 2 aromatic carbocycles. The standard InChI is InChI=1S/C31H36N2O2/c1-22-13-7-9-17-26(22)28-19-11-15-24(3)32(28)21-30(31(34-5)35-6)33-25(4)16-12-20-29(33)27-18-10-8-14-23(27)2/h7-20,30-31H,21H2,1-6H3/q+2. The zero-order valence-electron chi connectivity index (χ0n) is 21.7. The van der Waals surface area contributed by atoms with Crippen molar-refractivity contribution in [2.45, 2.75) is 46.6 Å². The second-order valence-corrected chi connectivity index (χ2v) is 9.12. The maximum absolute atomic E-state index is 5.92. The highest BCUT2D eigenvalue weighted by Gasteiger charge is 2.39. The molecule has 0 aliphatic heterocycles. The predicted octanol–water partition coefficient (Wildman–Crippen LogP) is 5.69. The van der Waals surface area contributed by atoms with Crippen molar-refractivity contribution in [2.24, 2.45) is 0 Å². The predicted molar refractivity (Wildman–Crippen MR) is 140 cm³/mol. The van der Waals surface area contributed by atoms with Crippen molar-refractivity contribution in [2.75, 3.05) is 14.2 Å². The highest BCUT2D eigenvalue weighted by atomic mass is 16.7. The van der Waals surface area contributed by atoms with Crippen molar-refractivity contribution in [3.63, 3.8) is 0 Å². The van der Waals surface area contributed by atoms with Gasteiger partial charge in [0.1, 0.15) is 0 Å². The van der Waals surface area contributed by atoms with E-state index in [4.69, 9.17) is 9.47 Å². The van der Waals surface area contributed by atoms with Gasteiger partial charge in [0, 0.05) is 63.5 Å². The van der Waals surface area contributed by atoms with E-state index in [1.807, 2.05) is 0 Å². The molecule has 0 fully saturated rings. The highest BCUT2D eigenvalue weighted by Crippen LogP contribution is 2.25. The summed E-state index contributed by atoms with van der Waals surface area (Å²) in [5, 5.41) is 0. The Morgan fingerprint density at radius 1 is 0.600 bits per heavy atom. The van der Waals surface area contributed by atoms with Crippen molar-refractivity contribution in [3.8, 4) is 22.5 Å². The van der Waals surface area contributed by atoms with Gasteiger partial charge < -0.3 is 9.47 Å². The van der Waals surface area contributed by atoms with Crippen LogP contribution in [0.4, 0.5) is 0 Å². The van der Waals surface area contributed by atoms with Crippen LogP contribution in [0.1, 0.15) is 28.6 Å². The number of ether oxygens (including phenoxy) is 2. The quantitative estimate of drug-likeness (QED) is 0.245. The first-order valence-corrected chi connectivity index (χ1v) is 12.1. The molecule has 0 radical (unpaired) electrons. The van der Waals surface area contributed by atoms with Crippen LogP contribution in [0.15, 0.2) is 84.9 Å². The number of aromatic nitrogens is 2. The summed E-state index contributed by atoms with van der Waals surface area (Å²) >= 11 is 0. The molecular formula is C31H36N2O2+2. The summed E-state index contributed by atoms with van der Waals surface area (Å²) < 4.78 is 16.6. The van der Waals surface area contributed by atoms with Crippen molar-refractivity contribution in [1.82, 2.24) is 0 Å². The maximum atomic E-state index is 5.92. The number of pyridine rings is 2. The van der Waals surface area contributed by atoms with Crippen LogP contribution in [0.2, 0.25) is 0 Å². The first-order valence-electron chi connectivity index (χ1n) is 12.1. The molecule has 0 aliphatic carbocycles. The molecule has 2 aromatic heterocycles. The Labute approximate surface area is 209 Å². The smallest absolute Gasteiger partial charge is 0.267 e. The molecule has 0 saturated carbocycles. The van der Waals surface area contributed by atoms with Crippen molar-refractivity contribution >= 4 is 0 Å². The SMILES string of the molecule is COC(OC)C(C[n+]1c(C)cccc1-c1ccccc1C)[n+]1c(C)cccc1-c1ccccc1C. The zero-order chi connectivity index (χ0) is 24.9. The third-order valence-corrected chi connectivity index (χ3v) is 6.86. The average Bonchev–Trinajstić information content (AvgIpc) is 2.86. The van der Waals surface area contributed by atoms with Crippen LogP contribution in [0.5, 0.6) is 0 Å². The van der Waals surface area contributed by atoms with Gasteiger partial charge in [-0.1, -0.05) is 36.4 Å². The number of methoxy groups -OCH3 is 2. The van der Waals surface area contributed by atoms with Crippen molar-refractivity contribution in [3.05, 3.63) is 107 Å². The molecule has 4 aromatic rings. The van der Waals surface area contributed by atoms with Crippen LogP contribution in [0.25, 0.3) is 22.5 Å². The van der Waals surface area contributed by atoms with Gasteiger partial charge in [-0.25, -0.2) is 0 Å². The Hall–Kier alpha value is -3.34. The van der Waals surface area contributed by atoms with Crippen LogP contribution in [0.3, 0.4) is 0 Å². The molecule has 4 rings (SSSR count). The fourth-order valence-electron chi connectivity index (χ4n) is 5.02. The summed E-state index contributed by atoms with van der Waals surface area (Å²) in [4.78, 5) is 0. The van der Waals surface area contributed by atoms with E-state index in [1.54, 1.807) is 14.2 Å². The van der Waals surface area contributed by atoms with Gasteiger partial charge in [-0.15, -0.1) is 0 Å². The Kier molecular flexibility index (Phi) is 7.74. The lowest BCUT2D eigenvalue weighted by Crippen LogP contribution is -2.58. The van der Waals surface area contributed by atoms with Crippen LogP contribution in [-0.4, -0.2) is 20.5 Å². The summed E-state index contributed by atoms with van der Waals surface area (Å²) in [7, 11) is 3.44. The molecule has 0 spiro atoms. The van der Waals surface area contributed by atoms with Gasteiger partial charge >= 0.3 is 0 Å². The minimum atomic E-state index is -0.430. The van der Waals surface area contributed by atoms with E-state index in [1.165, 1.54) is 33.6 Å². The molecule has 0 amide bonds. The Bertz CT molecular complexity index is 1310. The lowest BCUT2D eigenvalue weighted by atomic mass is 10.0. The molecule has 2 heterocycles. The van der Waals surface area contributed by atoms with Gasteiger partial charge in [-0.3, -0.25) is 0 Å². The second kappa shape index (κ2) is 10.9. The minimum Gasteiger partial charge on any atom is -0.350 e. The normalized spacial score (nSPS) is 12.2. The minimum absolute atomic E-state index is 0.102. The summed E-state index contributed by atoms with van der Waals surface area (Å²) in [5.41, 5.74) is 9.61. The number of nitrogens with zero attached hydrogens (tertiary/aromatic N) is 2. The molecule has 0 saturated heterocycles. The molecular weight excluding hydrogens is 432 g/mol. The number of benzene rings is 2. The van der Waals surface area contributed by atoms with Gasteiger partial charge in [0.2, 0.25) is 24.2 Å². The molecule has 1 unspecified atom stereocenters. The first-order chi connectivity index (χ1) is 17.0. The number of hydrogen-bond donors (Lipinski definition) is 0. The lowest BCUT2D eigenvalue weighted by Gasteiger charge is -2.23. The molecule has 1 atom stereocenters. The molecule has 35 heavy (non-hydrogen) atoms. The van der Waals surface area contributed by atoms with E-state index in [9.17, 15) is 0 Å². The number of rotatable bonds is 8. The van der Waals surface area contributed by atoms with Crippen LogP contribution in [0, 0.1) is 27.7 Å². The average molecular weight is 469 g/mol. The van der Waals surface area contributed by atoms with Gasteiger partial charge in [-0.05, 0) is 49.2 Å². The van der Waals surface area contributed by atoms with Gasteiger partial charge in [0.25, 0.3) is 6.04 Å². The first kappa shape index (κ1) is 24.8. The Morgan fingerprint density at radius 3 is 1.69 bits per heavy atom. The van der Waals surface area contributed by atoms with Crippen LogP contribution >= 0.6 is 0 Å². The van der Waals surface area contributed by atoms with Crippen LogP contribution in [-0.2, 0) is 16.0 Å². The van der Waals surface area contributed by atoms with E-state index in [0.29, 0.717) is 6.54 Å². The summed E-state index contributed by atoms with van der Waals surface area (Å²) in [6, 6.07) is 29.9. The van der Waals surface area contributed by atoms with Crippen LogP contribution < -0.4 is 9.13 Å². The lowest BCUT2D eigenvalue weighted by molar-refractivity contribution is -0.803. The van der Waals surface area contributed by atoms with E-state index < -0.39 is 6.29 Å². The number of aryl methyl sites for hydroxylation is 4. The second-order valence-electron chi connectivity index (χ2n) is 9.12. The van der Waals surface area contributed by atoms with Crippen molar-refractivity contribution in [1.29, 1.82) is 0 Å². The Morgan fingerprint density at radius 2 is 1.11 bits per heavy atom. The topological polar surface area (TPSA) is 26.2 Å². The summed E-state index contributed by atoms with van der Waals surface area (Å²) in [5.74, 6) is 0. The largest absolute Gasteiger partial charge is 0.350 e. The molecule has 0 bridgehead atoms. The van der Waals surface area contributed by atoms with E-state index in [-0.39, 0.29) is 6.04 Å². The third-order valence-electron chi connectivity index (χ3n) is 6.86. The number of hydrogen-bond acceptors (Lipinski definition) is 2.